The smallest absolute Gasteiger partial charge is 0.305 e. The van der Waals surface area contributed by atoms with E-state index in [2.05, 4.69) is 5.32 Å². The third-order valence-electron chi connectivity index (χ3n) is 2.62. The van der Waals surface area contributed by atoms with Crippen molar-refractivity contribution in [3.05, 3.63) is 23.0 Å². The molecule has 1 heterocycles. The molecule has 1 aromatic rings. The Morgan fingerprint density at radius 3 is 2.63 bits per heavy atom. The van der Waals surface area contributed by atoms with Crippen LogP contribution in [0.15, 0.2) is 12.3 Å². The van der Waals surface area contributed by atoms with Crippen LogP contribution in [0.4, 0.5) is 0 Å². The molecule has 0 aliphatic carbocycles. The molecule has 7 heteroatoms. The molecule has 0 saturated carbocycles. The van der Waals surface area contributed by atoms with Gasteiger partial charge in [0.25, 0.3) is 5.91 Å². The molecule has 1 rings (SSSR count). The van der Waals surface area contributed by atoms with Gasteiger partial charge in [-0.1, -0.05) is 11.6 Å². The first kappa shape index (κ1) is 15.5. The van der Waals surface area contributed by atoms with E-state index in [0.29, 0.717) is 10.7 Å². The summed E-state index contributed by atoms with van der Waals surface area (Å²) >= 11 is 5.81. The summed E-state index contributed by atoms with van der Waals surface area (Å²) in [5, 5.41) is 12.0. The van der Waals surface area contributed by atoms with Gasteiger partial charge in [0.1, 0.15) is 5.69 Å². The number of aromatic nitrogens is 1. The molecule has 0 fully saturated rings. The number of amides is 1. The summed E-state index contributed by atoms with van der Waals surface area (Å²) in [4.78, 5) is 23.0. The van der Waals surface area contributed by atoms with Gasteiger partial charge in [0.05, 0.1) is 23.6 Å². The molecular weight excluding hydrogens is 272 g/mol. The molecule has 19 heavy (non-hydrogen) atoms. The average Bonchev–Trinajstić information content (AvgIpc) is 2.56. The Hall–Kier alpha value is -1.53. The molecule has 0 bridgehead atoms. The zero-order valence-electron chi connectivity index (χ0n) is 11.1. The molecule has 0 radical (unpaired) electrons. The minimum atomic E-state index is -1.01. The molecule has 1 unspecified atom stereocenters. The Labute approximate surface area is 116 Å². The van der Waals surface area contributed by atoms with Crippen LogP contribution >= 0.6 is 11.6 Å². The maximum atomic E-state index is 12.1. The number of nitrogens with zero attached hydrogens (tertiary/aromatic N) is 1. The maximum Gasteiger partial charge on any atom is 0.305 e. The monoisotopic (exact) mass is 288 g/mol. The van der Waals surface area contributed by atoms with E-state index in [1.165, 1.54) is 13.2 Å². The minimum absolute atomic E-state index is 0.100. The van der Waals surface area contributed by atoms with E-state index in [0.717, 1.165) is 0 Å². The van der Waals surface area contributed by atoms with E-state index < -0.39 is 17.4 Å². The van der Waals surface area contributed by atoms with Crippen LogP contribution in [0.2, 0.25) is 5.02 Å². The molecule has 0 saturated heterocycles. The fraction of sp³-hybridized carbons (Fsp3) is 0.500. The number of ether oxygens (including phenoxy) is 1. The van der Waals surface area contributed by atoms with Gasteiger partial charge >= 0.3 is 5.97 Å². The first-order chi connectivity index (χ1) is 8.77. The molecule has 6 nitrogen and oxygen atoms in total. The molecule has 2 N–H and O–H groups in total. The maximum absolute atomic E-state index is 12.1. The van der Waals surface area contributed by atoms with Crippen LogP contribution < -0.4 is 5.32 Å². The van der Waals surface area contributed by atoms with Crippen molar-refractivity contribution in [3.63, 3.8) is 0 Å². The fourth-order valence-corrected chi connectivity index (χ4v) is 2.12. The highest BCUT2D eigenvalue weighted by Crippen LogP contribution is 2.16. The highest BCUT2D eigenvalue weighted by atomic mass is 35.5. The number of methoxy groups -OCH3 is 1. The number of nitrogens with one attached hydrogen (secondary N) is 1. The van der Waals surface area contributed by atoms with Crippen LogP contribution in [0, 0.1) is 0 Å². The van der Waals surface area contributed by atoms with E-state index in [1.807, 2.05) is 0 Å². The van der Waals surface area contributed by atoms with Crippen LogP contribution in [0.5, 0.6) is 0 Å². The summed E-state index contributed by atoms with van der Waals surface area (Å²) in [7, 11) is 3.14. The second-order valence-electron chi connectivity index (χ2n) is 4.67. The summed E-state index contributed by atoms with van der Waals surface area (Å²) in [5.41, 5.74) is -0.619. The molecule has 1 aromatic heterocycles. The predicted molar refractivity (Wildman–Crippen MR) is 70.4 cm³/mol. The summed E-state index contributed by atoms with van der Waals surface area (Å²) in [6.07, 6.45) is 1.37. The second kappa shape index (κ2) is 6.08. The van der Waals surface area contributed by atoms with Crippen molar-refractivity contribution in [2.24, 2.45) is 7.05 Å². The van der Waals surface area contributed by atoms with Crippen molar-refractivity contribution in [3.8, 4) is 0 Å². The van der Waals surface area contributed by atoms with Crippen LogP contribution in [-0.4, -0.2) is 40.8 Å². The number of aliphatic carboxylic acids is 1. The zero-order valence-corrected chi connectivity index (χ0v) is 11.8. The highest BCUT2D eigenvalue weighted by molar-refractivity contribution is 6.31. The lowest BCUT2D eigenvalue weighted by atomic mass is 9.98. The minimum Gasteiger partial charge on any atom is -0.481 e. The zero-order chi connectivity index (χ0) is 14.6. The van der Waals surface area contributed by atoms with E-state index in [-0.39, 0.29) is 13.0 Å². The lowest BCUT2D eigenvalue weighted by Gasteiger charge is -2.28. The Morgan fingerprint density at radius 2 is 2.21 bits per heavy atom. The molecular formula is C12H17ClN2O4. The van der Waals surface area contributed by atoms with Crippen molar-refractivity contribution in [2.75, 3.05) is 13.7 Å². The number of aryl methyl sites for hydroxylation is 1. The van der Waals surface area contributed by atoms with Crippen LogP contribution in [0.3, 0.4) is 0 Å². The third kappa shape index (κ3) is 4.25. The van der Waals surface area contributed by atoms with Gasteiger partial charge < -0.3 is 19.7 Å². The number of hydrogen-bond donors (Lipinski definition) is 2. The average molecular weight is 289 g/mol. The van der Waals surface area contributed by atoms with Gasteiger partial charge in [0.2, 0.25) is 0 Å². The molecule has 0 aromatic carbocycles. The number of carbonyl (C=O) groups is 2. The van der Waals surface area contributed by atoms with Crippen LogP contribution in [0.1, 0.15) is 23.8 Å². The molecule has 1 atom stereocenters. The molecule has 0 spiro atoms. The number of carboxylic acid groups (broad SMARTS) is 1. The van der Waals surface area contributed by atoms with Crippen molar-refractivity contribution in [1.29, 1.82) is 0 Å². The Morgan fingerprint density at radius 1 is 1.58 bits per heavy atom. The molecule has 0 aliphatic heterocycles. The fourth-order valence-electron chi connectivity index (χ4n) is 1.87. The standard InChI is InChI=1S/C12H17ClN2O4/c1-12(7-19-3,5-10(16)17)14-11(18)9-4-8(13)6-15(9)2/h4,6H,5,7H2,1-3H3,(H,14,18)(H,16,17). The Bertz CT molecular complexity index is 486. The van der Waals surface area contributed by atoms with Gasteiger partial charge in [0, 0.05) is 20.4 Å². The summed E-state index contributed by atoms with van der Waals surface area (Å²) < 4.78 is 6.54. The number of carboxylic acids is 1. The summed E-state index contributed by atoms with van der Waals surface area (Å²) in [6.45, 7) is 1.72. The second-order valence-corrected chi connectivity index (χ2v) is 5.11. The molecule has 1 amide bonds. The number of halogens is 1. The number of carbonyl (C=O) groups excluding carboxylic acids is 1. The number of hydrogen-bond acceptors (Lipinski definition) is 3. The Kier molecular flexibility index (Phi) is 4.97. The van der Waals surface area contributed by atoms with Gasteiger partial charge in [-0.05, 0) is 13.0 Å². The Balaban J connectivity index is 2.87. The quantitative estimate of drug-likeness (QED) is 0.826. The first-order valence-electron chi connectivity index (χ1n) is 5.62. The van der Waals surface area contributed by atoms with Gasteiger partial charge in [-0.2, -0.15) is 0 Å². The van der Waals surface area contributed by atoms with Crippen molar-refractivity contribution in [2.45, 2.75) is 18.9 Å². The lowest BCUT2D eigenvalue weighted by Crippen LogP contribution is -2.51. The largest absolute Gasteiger partial charge is 0.481 e. The van der Waals surface area contributed by atoms with Gasteiger partial charge in [-0.25, -0.2) is 0 Å². The van der Waals surface area contributed by atoms with E-state index in [9.17, 15) is 9.59 Å². The topological polar surface area (TPSA) is 80.6 Å². The summed E-state index contributed by atoms with van der Waals surface area (Å²) in [6, 6.07) is 1.52. The summed E-state index contributed by atoms with van der Waals surface area (Å²) in [5.74, 6) is -1.40. The van der Waals surface area contributed by atoms with E-state index in [1.54, 1.807) is 24.7 Å². The predicted octanol–water partition coefficient (Wildman–Crippen LogP) is 1.29. The third-order valence-corrected chi connectivity index (χ3v) is 2.83. The van der Waals surface area contributed by atoms with Gasteiger partial charge in [-0.15, -0.1) is 0 Å². The van der Waals surface area contributed by atoms with Crippen LogP contribution in [-0.2, 0) is 16.6 Å². The normalized spacial score (nSPS) is 13.9. The SMILES string of the molecule is COCC(C)(CC(=O)O)NC(=O)c1cc(Cl)cn1C. The first-order valence-corrected chi connectivity index (χ1v) is 6.00. The highest BCUT2D eigenvalue weighted by Gasteiger charge is 2.30. The van der Waals surface area contributed by atoms with Crippen molar-refractivity contribution >= 4 is 23.5 Å². The molecule has 0 aliphatic rings. The van der Waals surface area contributed by atoms with Crippen molar-refractivity contribution < 1.29 is 19.4 Å². The van der Waals surface area contributed by atoms with Crippen molar-refractivity contribution in [1.82, 2.24) is 9.88 Å². The van der Waals surface area contributed by atoms with Crippen LogP contribution in [0.25, 0.3) is 0 Å². The van der Waals surface area contributed by atoms with Gasteiger partial charge in [-0.3, -0.25) is 9.59 Å². The molecule has 106 valence electrons. The van der Waals surface area contributed by atoms with Gasteiger partial charge in [0.15, 0.2) is 0 Å². The van der Waals surface area contributed by atoms with E-state index >= 15 is 0 Å². The van der Waals surface area contributed by atoms with E-state index in [4.69, 9.17) is 21.4 Å². The number of rotatable bonds is 6. The lowest BCUT2D eigenvalue weighted by molar-refractivity contribution is -0.139.